The molecule has 84 valence electrons. The number of benzene rings is 1. The minimum absolute atomic E-state index is 0.000579. The van der Waals surface area contributed by atoms with Crippen LogP contribution in [0, 0.1) is 20.8 Å². The zero-order valence-corrected chi connectivity index (χ0v) is 10.5. The van der Waals surface area contributed by atoms with Crippen LogP contribution in [0.4, 0.5) is 0 Å². The number of rotatable bonds is 2. The van der Waals surface area contributed by atoms with Crippen molar-refractivity contribution in [1.29, 1.82) is 0 Å². The monoisotopic (exact) mass is 234 g/mol. The molecule has 0 aliphatic rings. The molecule has 0 spiro atoms. The topological polar surface area (TPSA) is 34.9 Å². The summed E-state index contributed by atoms with van der Waals surface area (Å²) in [5.74, 6) is 0. The normalized spacial score (nSPS) is 10.7. The Kier molecular flexibility index (Phi) is 2.92. The molecule has 2 aromatic rings. The van der Waals surface area contributed by atoms with Crippen molar-refractivity contribution in [2.24, 2.45) is 0 Å². The molecule has 0 amide bonds. The Morgan fingerprint density at radius 3 is 2.38 bits per heavy atom. The Balaban J connectivity index is 2.43. The van der Waals surface area contributed by atoms with Crippen molar-refractivity contribution in [3.8, 4) is 0 Å². The van der Waals surface area contributed by atoms with Gasteiger partial charge in [0.2, 0.25) is 0 Å². The summed E-state index contributed by atoms with van der Waals surface area (Å²) in [6.07, 6.45) is 0. The first-order valence-electron chi connectivity index (χ1n) is 5.15. The number of aromatic nitrogens is 2. The Morgan fingerprint density at radius 1 is 1.25 bits per heavy atom. The van der Waals surface area contributed by atoms with Gasteiger partial charge < -0.3 is 0 Å². The lowest BCUT2D eigenvalue weighted by molar-refractivity contribution is 0.661. The first kappa shape index (κ1) is 11.1. The van der Waals surface area contributed by atoms with E-state index in [1.165, 1.54) is 26.9 Å². The average Bonchev–Trinajstić information content (AvgIpc) is 2.57. The summed E-state index contributed by atoms with van der Waals surface area (Å²) < 4.78 is 1.51. The lowest BCUT2D eigenvalue weighted by Crippen LogP contribution is -2.16. The predicted molar refractivity (Wildman–Crippen MR) is 66.1 cm³/mol. The van der Waals surface area contributed by atoms with Crippen LogP contribution in [0.1, 0.15) is 22.3 Å². The van der Waals surface area contributed by atoms with Gasteiger partial charge in [-0.1, -0.05) is 29.0 Å². The maximum absolute atomic E-state index is 11.4. The van der Waals surface area contributed by atoms with E-state index in [4.69, 9.17) is 0 Å². The SMILES string of the molecule is Cc1cc(C)c(Cn2ncsc2=O)c(C)c1. The first-order valence-corrected chi connectivity index (χ1v) is 6.03. The third kappa shape index (κ3) is 2.07. The summed E-state index contributed by atoms with van der Waals surface area (Å²) in [6, 6.07) is 4.28. The highest BCUT2D eigenvalue weighted by Crippen LogP contribution is 2.16. The van der Waals surface area contributed by atoms with Gasteiger partial charge in [0.1, 0.15) is 5.51 Å². The van der Waals surface area contributed by atoms with E-state index in [9.17, 15) is 4.79 Å². The van der Waals surface area contributed by atoms with Gasteiger partial charge in [0.15, 0.2) is 0 Å². The highest BCUT2D eigenvalue weighted by Gasteiger charge is 2.06. The molecular formula is C12H14N2OS. The fourth-order valence-electron chi connectivity index (χ4n) is 1.95. The van der Waals surface area contributed by atoms with Gasteiger partial charge in [0, 0.05) is 0 Å². The molecule has 0 unspecified atom stereocenters. The maximum atomic E-state index is 11.4. The third-order valence-electron chi connectivity index (χ3n) is 2.70. The van der Waals surface area contributed by atoms with Gasteiger partial charge in [-0.15, -0.1) is 0 Å². The summed E-state index contributed by atoms with van der Waals surface area (Å²) in [6.45, 7) is 6.80. The third-order valence-corrected chi connectivity index (χ3v) is 3.31. The molecule has 0 N–H and O–H groups in total. The van der Waals surface area contributed by atoms with E-state index in [2.05, 4.69) is 38.0 Å². The molecule has 0 fully saturated rings. The van der Waals surface area contributed by atoms with E-state index < -0.39 is 0 Å². The van der Waals surface area contributed by atoms with E-state index in [1.54, 1.807) is 5.51 Å². The van der Waals surface area contributed by atoms with Gasteiger partial charge >= 0.3 is 4.87 Å². The van der Waals surface area contributed by atoms with Crippen molar-refractivity contribution in [3.05, 3.63) is 49.6 Å². The molecule has 3 nitrogen and oxygen atoms in total. The molecule has 0 saturated heterocycles. The second-order valence-electron chi connectivity index (χ2n) is 4.04. The number of aryl methyl sites for hydroxylation is 3. The molecule has 0 bridgehead atoms. The quantitative estimate of drug-likeness (QED) is 0.799. The van der Waals surface area contributed by atoms with Gasteiger partial charge in [-0.3, -0.25) is 4.79 Å². The van der Waals surface area contributed by atoms with Crippen LogP contribution < -0.4 is 4.87 Å². The van der Waals surface area contributed by atoms with Crippen molar-refractivity contribution in [2.45, 2.75) is 27.3 Å². The molecule has 1 heterocycles. The van der Waals surface area contributed by atoms with Crippen LogP contribution in [0.15, 0.2) is 22.4 Å². The van der Waals surface area contributed by atoms with E-state index in [-0.39, 0.29) is 4.87 Å². The van der Waals surface area contributed by atoms with Crippen LogP contribution in [0.25, 0.3) is 0 Å². The molecule has 16 heavy (non-hydrogen) atoms. The van der Waals surface area contributed by atoms with Crippen molar-refractivity contribution >= 4 is 11.3 Å². The van der Waals surface area contributed by atoms with Crippen molar-refractivity contribution in [3.63, 3.8) is 0 Å². The molecule has 2 rings (SSSR count). The number of hydrogen-bond acceptors (Lipinski definition) is 3. The van der Waals surface area contributed by atoms with Crippen molar-refractivity contribution < 1.29 is 0 Å². The molecule has 0 radical (unpaired) electrons. The van der Waals surface area contributed by atoms with E-state index in [1.807, 2.05) is 0 Å². The Labute approximate surface area is 98.4 Å². The second kappa shape index (κ2) is 4.22. The molecule has 0 atom stereocenters. The molecule has 1 aromatic carbocycles. The highest BCUT2D eigenvalue weighted by molar-refractivity contribution is 7.06. The average molecular weight is 234 g/mol. The standard InChI is InChI=1S/C12H14N2OS/c1-8-4-9(2)11(10(3)5-8)6-14-12(15)16-7-13-14/h4-5,7H,6H2,1-3H3. The maximum Gasteiger partial charge on any atom is 0.325 e. The lowest BCUT2D eigenvalue weighted by atomic mass is 10.00. The second-order valence-corrected chi connectivity index (χ2v) is 4.84. The fraction of sp³-hybridized carbons (Fsp3) is 0.333. The van der Waals surface area contributed by atoms with Crippen LogP contribution in [-0.4, -0.2) is 9.78 Å². The minimum Gasteiger partial charge on any atom is -0.255 e. The number of hydrogen-bond donors (Lipinski definition) is 0. The van der Waals surface area contributed by atoms with Gasteiger partial charge in [-0.05, 0) is 37.5 Å². The van der Waals surface area contributed by atoms with Crippen LogP contribution in [-0.2, 0) is 6.54 Å². The van der Waals surface area contributed by atoms with Crippen molar-refractivity contribution in [2.75, 3.05) is 0 Å². The van der Waals surface area contributed by atoms with Crippen LogP contribution in [0.3, 0.4) is 0 Å². The van der Waals surface area contributed by atoms with Gasteiger partial charge in [-0.2, -0.15) is 5.10 Å². The summed E-state index contributed by atoms with van der Waals surface area (Å²) in [5.41, 5.74) is 6.47. The van der Waals surface area contributed by atoms with Crippen LogP contribution >= 0.6 is 11.3 Å². The van der Waals surface area contributed by atoms with Gasteiger partial charge in [0.05, 0.1) is 6.54 Å². The molecule has 0 saturated carbocycles. The van der Waals surface area contributed by atoms with Crippen LogP contribution in [0.2, 0.25) is 0 Å². The van der Waals surface area contributed by atoms with Gasteiger partial charge in [0.25, 0.3) is 0 Å². The number of nitrogens with zero attached hydrogens (tertiary/aromatic N) is 2. The van der Waals surface area contributed by atoms with Crippen molar-refractivity contribution in [1.82, 2.24) is 9.78 Å². The summed E-state index contributed by atoms with van der Waals surface area (Å²) in [4.78, 5) is 11.4. The minimum atomic E-state index is -0.000579. The Bertz CT molecular complexity index is 545. The van der Waals surface area contributed by atoms with Gasteiger partial charge in [-0.25, -0.2) is 4.68 Å². The highest BCUT2D eigenvalue weighted by atomic mass is 32.1. The fourth-order valence-corrected chi connectivity index (χ4v) is 2.43. The van der Waals surface area contributed by atoms with Crippen LogP contribution in [0.5, 0.6) is 0 Å². The van der Waals surface area contributed by atoms with E-state index >= 15 is 0 Å². The Morgan fingerprint density at radius 2 is 1.88 bits per heavy atom. The summed E-state index contributed by atoms with van der Waals surface area (Å²) in [5, 5.41) is 4.04. The largest absolute Gasteiger partial charge is 0.325 e. The predicted octanol–water partition coefficient (Wildman–Crippen LogP) is 2.28. The molecular weight excluding hydrogens is 220 g/mol. The first-order chi connectivity index (χ1) is 7.58. The lowest BCUT2D eigenvalue weighted by Gasteiger charge is -2.10. The summed E-state index contributed by atoms with van der Waals surface area (Å²) >= 11 is 1.13. The van der Waals surface area contributed by atoms with E-state index in [0.717, 1.165) is 11.3 Å². The zero-order valence-electron chi connectivity index (χ0n) is 9.65. The summed E-state index contributed by atoms with van der Waals surface area (Å²) in [7, 11) is 0. The molecule has 1 aromatic heterocycles. The molecule has 0 aliphatic heterocycles. The Hall–Kier alpha value is -1.42. The smallest absolute Gasteiger partial charge is 0.255 e. The molecule has 4 heteroatoms. The van der Waals surface area contributed by atoms with E-state index in [0.29, 0.717) is 6.54 Å². The zero-order chi connectivity index (χ0) is 11.7. The molecule has 0 aliphatic carbocycles.